The average molecular weight is 225 g/mol. The van der Waals surface area contributed by atoms with E-state index in [1.807, 2.05) is 26.7 Å². The van der Waals surface area contributed by atoms with Crippen LogP contribution in [0.4, 0.5) is 0 Å². The molecule has 0 bridgehead atoms. The number of hydrogen-bond donors (Lipinski definition) is 0. The van der Waals surface area contributed by atoms with E-state index in [-0.39, 0.29) is 6.61 Å². The summed E-state index contributed by atoms with van der Waals surface area (Å²) in [6.45, 7) is 6.96. The van der Waals surface area contributed by atoms with E-state index in [0.717, 1.165) is 0 Å². The Morgan fingerprint density at radius 1 is 1.38 bits per heavy atom. The molecule has 0 spiro atoms. The summed E-state index contributed by atoms with van der Waals surface area (Å²) in [5.74, 6) is 1.60. The SMILES string of the molecule is CCOP(=O)(C#N)OP(C)(C)(C)C. The van der Waals surface area contributed by atoms with Crippen molar-refractivity contribution in [2.75, 3.05) is 33.3 Å². The van der Waals surface area contributed by atoms with Crippen molar-refractivity contribution in [2.24, 2.45) is 0 Å². The van der Waals surface area contributed by atoms with Gasteiger partial charge in [0.1, 0.15) is 0 Å². The summed E-state index contributed by atoms with van der Waals surface area (Å²) >= 11 is 0. The van der Waals surface area contributed by atoms with Gasteiger partial charge in [-0.3, -0.25) is 0 Å². The van der Waals surface area contributed by atoms with Gasteiger partial charge in [-0.15, -0.1) is 0 Å². The number of rotatable bonds is 4. The molecule has 0 saturated heterocycles. The average Bonchev–Trinajstić information content (AvgIpc) is 1.82. The van der Waals surface area contributed by atoms with Crippen LogP contribution in [0.15, 0.2) is 0 Å². The third kappa shape index (κ3) is 6.18. The number of nitrogens with zero attached hydrogens (tertiary/aromatic N) is 1. The van der Waals surface area contributed by atoms with Gasteiger partial charge in [-0.25, -0.2) is 0 Å². The summed E-state index contributed by atoms with van der Waals surface area (Å²) in [5, 5.41) is 8.65. The van der Waals surface area contributed by atoms with Crippen LogP contribution in [0.25, 0.3) is 0 Å². The predicted molar refractivity (Wildman–Crippen MR) is 56.5 cm³/mol. The maximum atomic E-state index is 11.6. The van der Waals surface area contributed by atoms with Gasteiger partial charge in [-0.1, -0.05) is 0 Å². The molecule has 0 heterocycles. The molecule has 0 aromatic heterocycles. The summed E-state index contributed by atoms with van der Waals surface area (Å²) in [5.41, 5.74) is 0. The molecular weight excluding hydrogens is 208 g/mol. The van der Waals surface area contributed by atoms with Crippen molar-refractivity contribution in [3.8, 4) is 5.81 Å². The minimum absolute atomic E-state index is 0.220. The van der Waals surface area contributed by atoms with Crippen LogP contribution < -0.4 is 0 Å². The predicted octanol–water partition coefficient (Wildman–Crippen LogP) is 2.70. The van der Waals surface area contributed by atoms with Gasteiger partial charge in [0.2, 0.25) is 0 Å². The Morgan fingerprint density at radius 3 is 2.08 bits per heavy atom. The van der Waals surface area contributed by atoms with Gasteiger partial charge in [0, 0.05) is 0 Å². The van der Waals surface area contributed by atoms with Crippen molar-refractivity contribution >= 4 is 14.4 Å². The molecule has 0 aromatic rings. The molecule has 1 atom stereocenters. The first-order valence-corrected chi connectivity index (χ1v) is 9.45. The zero-order valence-electron chi connectivity index (χ0n) is 8.77. The topological polar surface area (TPSA) is 59.3 Å². The van der Waals surface area contributed by atoms with Gasteiger partial charge in [-0.05, 0) is 0 Å². The summed E-state index contributed by atoms with van der Waals surface area (Å²) in [7, 11) is -3.52. The first-order chi connectivity index (χ1) is 5.58. The Balaban J connectivity index is 4.69. The molecule has 1 unspecified atom stereocenters. The van der Waals surface area contributed by atoms with Crippen LogP contribution in [-0.2, 0) is 13.4 Å². The normalized spacial score (nSPS) is 19.5. The second kappa shape index (κ2) is 3.67. The molecule has 4 nitrogen and oxygen atoms in total. The molecule has 6 heteroatoms. The second-order valence-corrected chi connectivity index (χ2v) is 13.4. The van der Waals surface area contributed by atoms with Crippen LogP contribution in [0.5, 0.6) is 0 Å². The molecule has 0 aliphatic carbocycles. The monoisotopic (exact) mass is 225 g/mol. The standard InChI is InChI=1S/C7H17NO3P2/c1-6-10-12(9,7-8)11-13(2,3,4)5/h6H2,1-5H3. The minimum atomic E-state index is -3.52. The third-order valence-electron chi connectivity index (χ3n) is 0.856. The zero-order valence-corrected chi connectivity index (χ0v) is 10.6. The molecule has 0 aliphatic heterocycles. The van der Waals surface area contributed by atoms with E-state index in [4.69, 9.17) is 14.1 Å². The Kier molecular flexibility index (Phi) is 3.69. The van der Waals surface area contributed by atoms with Crippen molar-refractivity contribution in [3.05, 3.63) is 0 Å². The molecule has 0 N–H and O–H groups in total. The van der Waals surface area contributed by atoms with E-state index in [9.17, 15) is 4.57 Å². The van der Waals surface area contributed by atoms with E-state index in [0.29, 0.717) is 0 Å². The van der Waals surface area contributed by atoms with E-state index in [2.05, 4.69) is 0 Å². The van der Waals surface area contributed by atoms with Gasteiger partial charge < -0.3 is 0 Å². The Hall–Kier alpha value is 0.0700. The summed E-state index contributed by atoms with van der Waals surface area (Å²) in [4.78, 5) is 0. The zero-order chi connectivity index (χ0) is 10.8. The molecule has 0 radical (unpaired) electrons. The third-order valence-corrected chi connectivity index (χ3v) is 5.17. The molecule has 0 fully saturated rings. The van der Waals surface area contributed by atoms with Gasteiger partial charge in [0.25, 0.3) is 0 Å². The van der Waals surface area contributed by atoms with E-state index >= 15 is 0 Å². The van der Waals surface area contributed by atoms with E-state index < -0.39 is 14.4 Å². The van der Waals surface area contributed by atoms with E-state index in [1.54, 1.807) is 12.7 Å². The first kappa shape index (κ1) is 13.1. The molecule has 0 saturated carbocycles. The van der Waals surface area contributed by atoms with Crippen molar-refractivity contribution < 1.29 is 13.4 Å². The van der Waals surface area contributed by atoms with Gasteiger partial charge in [0.05, 0.1) is 0 Å². The van der Waals surface area contributed by atoms with Crippen molar-refractivity contribution in [1.29, 1.82) is 5.26 Å². The fourth-order valence-corrected chi connectivity index (χ4v) is 4.84. The molecular formula is C7H17NO3P2. The van der Waals surface area contributed by atoms with Gasteiger partial charge >= 0.3 is 79.1 Å². The summed E-state index contributed by atoms with van der Waals surface area (Å²) in [6, 6.07) is 0. The van der Waals surface area contributed by atoms with Crippen LogP contribution >= 0.6 is 14.4 Å². The van der Waals surface area contributed by atoms with Gasteiger partial charge in [0.15, 0.2) is 0 Å². The van der Waals surface area contributed by atoms with Gasteiger partial charge in [-0.2, -0.15) is 0 Å². The van der Waals surface area contributed by atoms with Crippen molar-refractivity contribution in [2.45, 2.75) is 6.92 Å². The second-order valence-electron chi connectivity index (χ2n) is 4.51. The fourth-order valence-electron chi connectivity index (χ4n) is 0.671. The maximum absolute atomic E-state index is 11.6. The molecule has 0 rings (SSSR count). The van der Waals surface area contributed by atoms with Crippen LogP contribution in [0.1, 0.15) is 6.92 Å². The van der Waals surface area contributed by atoms with Crippen LogP contribution in [0, 0.1) is 11.1 Å². The van der Waals surface area contributed by atoms with Crippen molar-refractivity contribution in [3.63, 3.8) is 0 Å². The van der Waals surface area contributed by atoms with Crippen LogP contribution in [0.2, 0.25) is 0 Å². The Bertz CT molecular complexity index is 264. The number of nitriles is 1. The molecule has 0 aromatic carbocycles. The van der Waals surface area contributed by atoms with Crippen LogP contribution in [0.3, 0.4) is 0 Å². The van der Waals surface area contributed by atoms with E-state index in [1.165, 1.54) is 0 Å². The molecule has 0 aliphatic rings. The van der Waals surface area contributed by atoms with Crippen molar-refractivity contribution in [1.82, 2.24) is 0 Å². The Labute approximate surface area is 79.8 Å². The summed E-state index contributed by atoms with van der Waals surface area (Å²) in [6.07, 6.45) is 0. The van der Waals surface area contributed by atoms with Crippen LogP contribution in [-0.4, -0.2) is 33.3 Å². The Morgan fingerprint density at radius 2 is 1.85 bits per heavy atom. The molecule has 78 valence electrons. The fraction of sp³-hybridized carbons (Fsp3) is 0.857. The first-order valence-electron chi connectivity index (χ1n) is 3.96. The molecule has 0 amide bonds. The number of hydrogen-bond acceptors (Lipinski definition) is 4. The molecule has 13 heavy (non-hydrogen) atoms. The summed E-state index contributed by atoms with van der Waals surface area (Å²) < 4.78 is 21.8. The quantitative estimate of drug-likeness (QED) is 0.690.